The monoisotopic (exact) mass is 855 g/mol. The van der Waals surface area contributed by atoms with Crippen LogP contribution in [0.4, 0.5) is 17.1 Å². The van der Waals surface area contributed by atoms with Crippen molar-refractivity contribution in [1.29, 1.82) is 0 Å². The average Bonchev–Trinajstić information content (AvgIpc) is 3.88. The smallest absolute Gasteiger partial charge is 0.0960 e. The van der Waals surface area contributed by atoms with E-state index in [9.17, 15) is 0 Å². The SMILES string of the molecule is C/C(=C(\N=N/C(C)c1ccc2c3c(cccc13)-c1ccccc1-2)c1ccc2c(c1)C1(c3ccccc3-c3ccccc31)c1ccccc1N2c1ccccc1)c1ccc(-c2ccccc2)cc1. The number of hydrogen-bond donors (Lipinski definition) is 0. The van der Waals surface area contributed by atoms with E-state index in [1.165, 1.54) is 88.8 Å². The van der Waals surface area contributed by atoms with Crippen molar-refractivity contribution in [3.8, 4) is 44.5 Å². The maximum Gasteiger partial charge on any atom is 0.0960 e. The van der Waals surface area contributed by atoms with E-state index in [1.54, 1.807) is 0 Å². The molecule has 0 aromatic heterocycles. The fourth-order valence-corrected chi connectivity index (χ4v) is 11.5. The van der Waals surface area contributed by atoms with E-state index in [4.69, 9.17) is 10.2 Å². The second kappa shape index (κ2) is 15.4. The second-order valence-corrected chi connectivity index (χ2v) is 18.0. The minimum Gasteiger partial charge on any atom is -0.310 e. The van der Waals surface area contributed by atoms with Crippen LogP contribution in [-0.2, 0) is 5.41 Å². The minimum absolute atomic E-state index is 0.214. The molecule has 10 aromatic rings. The fourth-order valence-electron chi connectivity index (χ4n) is 11.5. The summed E-state index contributed by atoms with van der Waals surface area (Å²) in [6.45, 7) is 4.38. The first kappa shape index (κ1) is 39.0. The van der Waals surface area contributed by atoms with Gasteiger partial charge >= 0.3 is 0 Å². The predicted molar refractivity (Wildman–Crippen MR) is 278 cm³/mol. The van der Waals surface area contributed by atoms with Crippen LogP contribution in [-0.4, -0.2) is 0 Å². The highest BCUT2D eigenvalue weighted by molar-refractivity contribution is 6.16. The molecule has 3 aliphatic rings. The third kappa shape index (κ3) is 5.84. The van der Waals surface area contributed by atoms with Crippen LogP contribution >= 0.6 is 0 Å². The van der Waals surface area contributed by atoms with Crippen molar-refractivity contribution < 1.29 is 0 Å². The Bertz CT molecular complexity index is 3580. The quantitative estimate of drug-likeness (QED) is 0.116. The van der Waals surface area contributed by atoms with Crippen molar-refractivity contribution in [2.24, 2.45) is 10.2 Å². The zero-order chi connectivity index (χ0) is 44.6. The van der Waals surface area contributed by atoms with Crippen LogP contribution in [0.15, 0.2) is 241 Å². The highest BCUT2D eigenvalue weighted by Gasteiger charge is 2.51. The molecule has 67 heavy (non-hydrogen) atoms. The lowest BCUT2D eigenvalue weighted by molar-refractivity contribution is 0.751. The van der Waals surface area contributed by atoms with Gasteiger partial charge in [0, 0.05) is 11.3 Å². The molecule has 0 bridgehead atoms. The third-order valence-corrected chi connectivity index (χ3v) is 14.6. The van der Waals surface area contributed by atoms with Crippen molar-refractivity contribution in [2.45, 2.75) is 25.3 Å². The molecular weight excluding hydrogens is 811 g/mol. The maximum atomic E-state index is 5.40. The highest BCUT2D eigenvalue weighted by Crippen LogP contribution is 2.63. The van der Waals surface area contributed by atoms with E-state index >= 15 is 0 Å². The van der Waals surface area contributed by atoms with Crippen LogP contribution in [0.25, 0.3) is 66.6 Å². The summed E-state index contributed by atoms with van der Waals surface area (Å²) in [6.07, 6.45) is 0. The van der Waals surface area contributed by atoms with E-state index in [0.29, 0.717) is 0 Å². The maximum absolute atomic E-state index is 5.40. The van der Waals surface area contributed by atoms with Crippen molar-refractivity contribution in [3.63, 3.8) is 0 Å². The summed E-state index contributed by atoms with van der Waals surface area (Å²) in [6, 6.07) is 84.1. The van der Waals surface area contributed by atoms with Gasteiger partial charge in [0.2, 0.25) is 0 Å². The second-order valence-electron chi connectivity index (χ2n) is 18.0. The van der Waals surface area contributed by atoms with Gasteiger partial charge in [0.25, 0.3) is 0 Å². The average molecular weight is 856 g/mol. The number of allylic oxidation sites excluding steroid dienone is 1. The molecular formula is C64H45N3. The molecule has 10 aromatic carbocycles. The number of rotatable bonds is 7. The Balaban J connectivity index is 1.03. The van der Waals surface area contributed by atoms with Crippen LogP contribution in [0.3, 0.4) is 0 Å². The van der Waals surface area contributed by atoms with Gasteiger partial charge in [0.1, 0.15) is 0 Å². The molecule has 0 saturated carbocycles. The minimum atomic E-state index is -0.594. The summed E-state index contributed by atoms with van der Waals surface area (Å²) in [5.74, 6) is 0. The number of azo groups is 1. The van der Waals surface area contributed by atoms with Crippen LogP contribution in [0.1, 0.15) is 58.8 Å². The van der Waals surface area contributed by atoms with Gasteiger partial charge in [-0.3, -0.25) is 0 Å². The van der Waals surface area contributed by atoms with Crippen molar-refractivity contribution in [1.82, 2.24) is 0 Å². The molecule has 0 radical (unpaired) electrons. The number of nitrogens with zero attached hydrogens (tertiary/aromatic N) is 3. The lowest BCUT2D eigenvalue weighted by Crippen LogP contribution is -2.36. The number of fused-ring (bicyclic) bond motifs is 12. The summed E-state index contributed by atoms with van der Waals surface area (Å²) < 4.78 is 0. The molecule has 1 unspecified atom stereocenters. The Labute approximate surface area is 391 Å². The lowest BCUT2D eigenvalue weighted by Gasteiger charge is -2.45. The van der Waals surface area contributed by atoms with Gasteiger partial charge in [0.15, 0.2) is 0 Å². The van der Waals surface area contributed by atoms with E-state index in [0.717, 1.165) is 33.8 Å². The van der Waals surface area contributed by atoms with Crippen molar-refractivity contribution in [3.05, 3.63) is 269 Å². The van der Waals surface area contributed by atoms with Crippen LogP contribution in [0.5, 0.6) is 0 Å². The number of hydrogen-bond acceptors (Lipinski definition) is 3. The van der Waals surface area contributed by atoms with Gasteiger partial charge in [0.05, 0.1) is 28.5 Å². The molecule has 3 heteroatoms. The van der Waals surface area contributed by atoms with Gasteiger partial charge < -0.3 is 4.90 Å². The van der Waals surface area contributed by atoms with E-state index in [1.807, 2.05) is 0 Å². The first-order valence-electron chi connectivity index (χ1n) is 23.3. The molecule has 1 heterocycles. The zero-order valence-electron chi connectivity index (χ0n) is 37.4. The summed E-state index contributed by atoms with van der Waals surface area (Å²) in [5.41, 5.74) is 23.1. The molecule has 0 N–H and O–H groups in total. The van der Waals surface area contributed by atoms with Gasteiger partial charge in [-0.05, 0) is 138 Å². The highest BCUT2D eigenvalue weighted by atomic mass is 15.2. The molecule has 0 fully saturated rings. The van der Waals surface area contributed by atoms with Crippen LogP contribution < -0.4 is 4.90 Å². The summed E-state index contributed by atoms with van der Waals surface area (Å²) in [7, 11) is 0. The Morgan fingerprint density at radius 3 is 1.67 bits per heavy atom. The summed E-state index contributed by atoms with van der Waals surface area (Å²) in [4.78, 5) is 2.44. The van der Waals surface area contributed by atoms with Gasteiger partial charge in [-0.25, -0.2) is 0 Å². The topological polar surface area (TPSA) is 28.0 Å². The normalized spacial score (nSPS) is 14.3. The van der Waals surface area contributed by atoms with E-state index in [-0.39, 0.29) is 6.04 Å². The number of para-hydroxylation sites is 2. The van der Waals surface area contributed by atoms with E-state index < -0.39 is 5.41 Å². The Morgan fingerprint density at radius 1 is 0.433 bits per heavy atom. The third-order valence-electron chi connectivity index (χ3n) is 14.6. The predicted octanol–water partition coefficient (Wildman–Crippen LogP) is 17.4. The molecule has 3 nitrogen and oxygen atoms in total. The molecule has 0 saturated heterocycles. The Kier molecular flexibility index (Phi) is 8.94. The molecule has 1 atom stereocenters. The number of anilines is 3. The standard InChI is InChI=1S/C64H45N3/c1-41(43-32-34-45(35-33-43)44-18-5-3-6-19-44)63(66-65-42(2)48-37-38-55-50-23-10-9-22-49(50)54-27-17-26-53(48)62(54)55)46-36-39-61-59(40-46)64(56-28-13-11-24-51(56)52-25-12-14-29-57(52)64)58-30-15-16-31-60(58)67(61)47-20-7-4-8-21-47/h3-40,42H,1-2H3/b63-41+,66-65-. The largest absolute Gasteiger partial charge is 0.310 e. The Hall–Kier alpha value is -8.40. The zero-order valence-corrected chi connectivity index (χ0v) is 37.4. The fraction of sp³-hybridized carbons (Fsp3) is 0.0625. The lowest BCUT2D eigenvalue weighted by atomic mass is 9.64. The van der Waals surface area contributed by atoms with Gasteiger partial charge in [-0.15, -0.1) is 0 Å². The molecule has 13 rings (SSSR count). The van der Waals surface area contributed by atoms with Crippen LogP contribution in [0, 0.1) is 0 Å². The summed E-state index contributed by atoms with van der Waals surface area (Å²) in [5, 5.41) is 13.2. The molecule has 1 spiro atoms. The van der Waals surface area contributed by atoms with Gasteiger partial charge in [-0.2, -0.15) is 10.2 Å². The molecule has 0 amide bonds. The van der Waals surface area contributed by atoms with E-state index in [2.05, 4.69) is 249 Å². The first-order valence-corrected chi connectivity index (χ1v) is 23.3. The molecule has 316 valence electrons. The summed E-state index contributed by atoms with van der Waals surface area (Å²) >= 11 is 0. The van der Waals surface area contributed by atoms with Gasteiger partial charge in [-0.1, -0.05) is 200 Å². The van der Waals surface area contributed by atoms with Crippen LogP contribution in [0.2, 0.25) is 0 Å². The van der Waals surface area contributed by atoms with Crippen molar-refractivity contribution in [2.75, 3.05) is 4.90 Å². The molecule has 1 aliphatic heterocycles. The van der Waals surface area contributed by atoms with Crippen molar-refractivity contribution >= 4 is 39.1 Å². The number of benzene rings is 10. The first-order chi connectivity index (χ1) is 33.1. The Morgan fingerprint density at radius 2 is 0.970 bits per heavy atom. The molecule has 2 aliphatic carbocycles.